The number of hydrogen-bond acceptors (Lipinski definition) is 6. The molecule has 0 aliphatic carbocycles. The molecule has 0 amide bonds. The van der Waals surface area contributed by atoms with Crippen LogP contribution in [0.5, 0.6) is 6.01 Å². The van der Waals surface area contributed by atoms with E-state index in [1.54, 1.807) is 35.7 Å². The van der Waals surface area contributed by atoms with Crippen molar-refractivity contribution in [2.24, 2.45) is 0 Å². The number of aromatic nitrogens is 2. The van der Waals surface area contributed by atoms with Crippen LogP contribution in [-0.4, -0.2) is 16.6 Å². The molecule has 2 aromatic rings. The van der Waals surface area contributed by atoms with Crippen molar-refractivity contribution in [1.29, 1.82) is 0 Å². The van der Waals surface area contributed by atoms with Gasteiger partial charge in [0.05, 0.1) is 11.4 Å². The fourth-order valence-electron chi connectivity index (χ4n) is 1.97. The topological polar surface area (TPSA) is 62.3 Å². The second-order valence-corrected chi connectivity index (χ2v) is 4.99. The van der Waals surface area contributed by atoms with E-state index in [9.17, 15) is 8.78 Å². The van der Waals surface area contributed by atoms with Gasteiger partial charge in [-0.05, 0) is 24.6 Å². The summed E-state index contributed by atoms with van der Waals surface area (Å²) in [5.41, 5.74) is 7.99. The van der Waals surface area contributed by atoms with Crippen LogP contribution in [0, 0.1) is 6.92 Å². The Labute approximate surface area is 131 Å². The molecular formula is C15H15F2N5O. The molecule has 8 heteroatoms. The summed E-state index contributed by atoms with van der Waals surface area (Å²) in [4.78, 5) is 8.08. The highest BCUT2D eigenvalue weighted by molar-refractivity contribution is 5.51. The van der Waals surface area contributed by atoms with Gasteiger partial charge in [0.1, 0.15) is 6.61 Å². The van der Waals surface area contributed by atoms with E-state index in [2.05, 4.69) is 20.9 Å². The van der Waals surface area contributed by atoms with Crippen LogP contribution in [0.2, 0.25) is 0 Å². The number of ether oxygens (including phenoxy) is 1. The van der Waals surface area contributed by atoms with Gasteiger partial charge >= 0.3 is 6.01 Å². The van der Waals surface area contributed by atoms with Crippen LogP contribution in [0.3, 0.4) is 0 Å². The molecule has 1 aliphatic rings. The molecule has 1 aromatic carbocycles. The number of anilines is 1. The number of hydrazine groups is 2. The van der Waals surface area contributed by atoms with Crippen molar-refractivity contribution in [3.05, 3.63) is 59.7 Å². The Kier molecular flexibility index (Phi) is 4.33. The van der Waals surface area contributed by atoms with Crippen molar-refractivity contribution in [1.82, 2.24) is 20.9 Å². The van der Waals surface area contributed by atoms with Crippen molar-refractivity contribution in [2.75, 3.05) is 11.6 Å². The predicted octanol–water partition coefficient (Wildman–Crippen LogP) is 2.47. The first-order valence-electron chi connectivity index (χ1n) is 6.93. The number of rotatable bonds is 5. The lowest BCUT2D eigenvalue weighted by atomic mass is 10.2. The molecule has 0 saturated heterocycles. The number of alkyl halides is 2. The first-order chi connectivity index (χ1) is 11.1. The van der Waals surface area contributed by atoms with Crippen LogP contribution in [-0.2, 0) is 0 Å². The van der Waals surface area contributed by atoms with Gasteiger partial charge in [0.15, 0.2) is 0 Å². The Morgan fingerprint density at radius 2 is 2.04 bits per heavy atom. The van der Waals surface area contributed by atoms with Gasteiger partial charge in [-0.1, -0.05) is 12.1 Å². The minimum Gasteiger partial charge on any atom is -0.457 e. The maximum atomic E-state index is 12.7. The average Bonchev–Trinajstić information content (AvgIpc) is 3.03. The summed E-state index contributed by atoms with van der Waals surface area (Å²) in [5.74, 6) is 0. The van der Waals surface area contributed by atoms with Gasteiger partial charge in [-0.2, -0.15) is 0 Å². The van der Waals surface area contributed by atoms with Gasteiger partial charge in [0, 0.05) is 24.2 Å². The van der Waals surface area contributed by atoms with Crippen molar-refractivity contribution in [3.63, 3.8) is 0 Å². The summed E-state index contributed by atoms with van der Waals surface area (Å²) in [6.07, 6.45) is 2.55. The summed E-state index contributed by atoms with van der Waals surface area (Å²) < 4.78 is 30.9. The minimum atomic E-state index is -2.50. The summed E-state index contributed by atoms with van der Waals surface area (Å²) in [5, 5.41) is 1.60. The lowest BCUT2D eigenvalue weighted by Crippen LogP contribution is -2.37. The summed E-state index contributed by atoms with van der Waals surface area (Å²) in [6, 6.07) is 6.39. The van der Waals surface area contributed by atoms with E-state index in [4.69, 9.17) is 4.74 Å². The molecule has 0 atom stereocenters. The SMILES string of the molecule is Cc1cnc(OCC2=CN(c3cccc(C(F)F)c3)NN2)nc1. The molecule has 6 nitrogen and oxygen atoms in total. The first kappa shape index (κ1) is 15.2. The molecule has 0 saturated carbocycles. The Balaban J connectivity index is 1.64. The molecule has 0 bridgehead atoms. The third-order valence-corrected chi connectivity index (χ3v) is 3.14. The first-order valence-corrected chi connectivity index (χ1v) is 6.93. The van der Waals surface area contributed by atoms with Gasteiger partial charge in [0.25, 0.3) is 6.43 Å². The monoisotopic (exact) mass is 319 g/mol. The second kappa shape index (κ2) is 6.57. The third kappa shape index (κ3) is 3.72. The van der Waals surface area contributed by atoms with E-state index in [1.807, 2.05) is 6.92 Å². The highest BCUT2D eigenvalue weighted by Crippen LogP contribution is 2.24. The van der Waals surface area contributed by atoms with Crippen LogP contribution in [0.1, 0.15) is 17.6 Å². The van der Waals surface area contributed by atoms with Crippen molar-refractivity contribution < 1.29 is 13.5 Å². The van der Waals surface area contributed by atoms with Crippen molar-refractivity contribution in [2.45, 2.75) is 13.3 Å². The standard InChI is InChI=1S/C15H15F2N5O/c1-10-6-18-15(19-7-10)23-9-12-8-22(21-20-12)13-4-2-3-11(5-13)14(16)17/h2-8,14,20-21H,9H2,1H3. The van der Waals surface area contributed by atoms with Crippen LogP contribution in [0.4, 0.5) is 14.5 Å². The van der Waals surface area contributed by atoms with E-state index < -0.39 is 6.43 Å². The highest BCUT2D eigenvalue weighted by Gasteiger charge is 2.15. The fourth-order valence-corrected chi connectivity index (χ4v) is 1.97. The smallest absolute Gasteiger partial charge is 0.316 e. The number of hydrogen-bond donors (Lipinski definition) is 2. The van der Waals surface area contributed by atoms with Crippen LogP contribution in [0.15, 0.2) is 48.6 Å². The molecule has 23 heavy (non-hydrogen) atoms. The van der Waals surface area contributed by atoms with Gasteiger partial charge in [-0.25, -0.2) is 18.7 Å². The second-order valence-electron chi connectivity index (χ2n) is 4.99. The zero-order valence-electron chi connectivity index (χ0n) is 12.3. The van der Waals surface area contributed by atoms with Crippen LogP contribution in [0.25, 0.3) is 0 Å². The van der Waals surface area contributed by atoms with Gasteiger partial charge < -0.3 is 10.2 Å². The third-order valence-electron chi connectivity index (χ3n) is 3.14. The minimum absolute atomic E-state index is 0.0320. The quantitative estimate of drug-likeness (QED) is 0.883. The Hall–Kier alpha value is -2.74. The molecule has 0 fully saturated rings. The van der Waals surface area contributed by atoms with Crippen LogP contribution < -0.4 is 20.7 Å². The van der Waals surface area contributed by atoms with E-state index in [0.29, 0.717) is 5.69 Å². The highest BCUT2D eigenvalue weighted by atomic mass is 19.3. The molecular weight excluding hydrogens is 304 g/mol. The largest absolute Gasteiger partial charge is 0.457 e. The molecule has 1 aliphatic heterocycles. The summed E-state index contributed by atoms with van der Waals surface area (Å²) >= 11 is 0. The maximum absolute atomic E-state index is 12.7. The number of halogens is 2. The molecule has 120 valence electrons. The number of nitrogens with one attached hydrogen (secondary N) is 2. The molecule has 0 unspecified atom stereocenters. The maximum Gasteiger partial charge on any atom is 0.316 e. The zero-order valence-corrected chi connectivity index (χ0v) is 12.3. The molecule has 1 aromatic heterocycles. The molecule has 2 heterocycles. The lowest BCUT2D eigenvalue weighted by Gasteiger charge is -2.15. The van der Waals surface area contributed by atoms with E-state index in [1.165, 1.54) is 12.1 Å². The summed E-state index contributed by atoms with van der Waals surface area (Å²) in [6.45, 7) is 2.11. The van der Waals surface area contributed by atoms with E-state index in [-0.39, 0.29) is 18.2 Å². The van der Waals surface area contributed by atoms with Gasteiger partial charge in [0.2, 0.25) is 0 Å². The fraction of sp³-hybridized carbons (Fsp3) is 0.200. The van der Waals surface area contributed by atoms with Crippen molar-refractivity contribution >= 4 is 5.69 Å². The molecule has 0 spiro atoms. The van der Waals surface area contributed by atoms with E-state index in [0.717, 1.165) is 11.3 Å². The Morgan fingerprint density at radius 3 is 2.78 bits per heavy atom. The number of benzene rings is 1. The zero-order chi connectivity index (χ0) is 16.2. The van der Waals surface area contributed by atoms with Gasteiger partial charge in [-0.3, -0.25) is 5.01 Å². The Bertz CT molecular complexity index is 705. The number of nitrogens with zero attached hydrogens (tertiary/aromatic N) is 3. The molecule has 2 N–H and O–H groups in total. The van der Waals surface area contributed by atoms with Gasteiger partial charge in [-0.15, -0.1) is 5.53 Å². The molecule has 0 radical (unpaired) electrons. The number of aryl methyl sites for hydroxylation is 1. The molecule has 3 rings (SSSR count). The van der Waals surface area contributed by atoms with Crippen molar-refractivity contribution in [3.8, 4) is 6.01 Å². The lowest BCUT2D eigenvalue weighted by molar-refractivity contribution is 0.151. The average molecular weight is 319 g/mol. The van der Waals surface area contributed by atoms with Crippen LogP contribution >= 0.6 is 0 Å². The Morgan fingerprint density at radius 1 is 1.26 bits per heavy atom. The van der Waals surface area contributed by atoms with E-state index >= 15 is 0 Å². The summed E-state index contributed by atoms with van der Waals surface area (Å²) in [7, 11) is 0. The predicted molar refractivity (Wildman–Crippen MR) is 80.5 cm³/mol. The normalized spacial score (nSPS) is 13.9.